The van der Waals surface area contributed by atoms with Gasteiger partial charge in [-0.1, -0.05) is 67.9 Å². The van der Waals surface area contributed by atoms with Crippen LogP contribution in [-0.4, -0.2) is 40.2 Å². The van der Waals surface area contributed by atoms with E-state index in [9.17, 15) is 4.79 Å². The standard InChI is InChI=1S/C31H30N4O3S.ClH/c1-19(2)25-14-7-21(4)17-27(25)38-16-15-37-24-12-8-22(9-13-24)18-26-28(32)35-31(33-29(26)36)39-30(34-35)23-10-5-20(3)6-11-23;/h5-14,17-19,32H,15-16H2,1-4H3;1H/b26-18-,32-28?;. The number of nitrogens with zero attached hydrogens (tertiary/aromatic N) is 3. The number of thioether (sulfide) groups is 1. The summed E-state index contributed by atoms with van der Waals surface area (Å²) in [4.78, 5) is 16.9. The number of nitrogens with one attached hydrogen (secondary N) is 1. The van der Waals surface area contributed by atoms with Gasteiger partial charge < -0.3 is 9.47 Å². The summed E-state index contributed by atoms with van der Waals surface area (Å²) in [6.07, 6.45) is 1.66. The van der Waals surface area contributed by atoms with E-state index in [4.69, 9.17) is 14.9 Å². The first-order valence-electron chi connectivity index (χ1n) is 12.8. The zero-order valence-corrected chi connectivity index (χ0v) is 24.4. The number of aryl methyl sites for hydroxylation is 2. The summed E-state index contributed by atoms with van der Waals surface area (Å²) in [5.41, 5.74) is 5.37. The van der Waals surface area contributed by atoms with Crippen LogP contribution in [0.1, 0.15) is 47.6 Å². The van der Waals surface area contributed by atoms with E-state index in [1.165, 1.54) is 22.3 Å². The van der Waals surface area contributed by atoms with E-state index in [0.717, 1.165) is 28.0 Å². The summed E-state index contributed by atoms with van der Waals surface area (Å²) >= 11 is 1.29. The van der Waals surface area contributed by atoms with Crippen molar-refractivity contribution < 1.29 is 14.3 Å². The summed E-state index contributed by atoms with van der Waals surface area (Å²) < 4.78 is 11.9. The minimum absolute atomic E-state index is 0. The SMILES string of the molecule is Cc1ccc(C2=NN3C(=N)/C(=C/c4ccc(OCCOc5cc(C)ccc5C(C)C)cc4)C(=O)N=C3S2)cc1.Cl. The lowest BCUT2D eigenvalue weighted by Crippen LogP contribution is -2.35. The summed E-state index contributed by atoms with van der Waals surface area (Å²) in [6.45, 7) is 9.21. The van der Waals surface area contributed by atoms with E-state index in [-0.39, 0.29) is 23.8 Å². The second-order valence-corrected chi connectivity index (χ2v) is 10.7. The van der Waals surface area contributed by atoms with Gasteiger partial charge in [0.1, 0.15) is 29.8 Å². The lowest BCUT2D eigenvalue weighted by Gasteiger charge is -2.20. The number of carbonyl (C=O) groups is 1. The third-order valence-corrected chi connectivity index (χ3v) is 7.30. The van der Waals surface area contributed by atoms with Gasteiger partial charge in [0.15, 0.2) is 5.84 Å². The minimum Gasteiger partial charge on any atom is -0.490 e. The number of benzene rings is 3. The molecule has 1 amide bonds. The van der Waals surface area contributed by atoms with Gasteiger partial charge >= 0.3 is 0 Å². The van der Waals surface area contributed by atoms with E-state index in [2.05, 4.69) is 49.1 Å². The van der Waals surface area contributed by atoms with Crippen LogP contribution in [0, 0.1) is 19.3 Å². The third kappa shape index (κ3) is 6.46. The van der Waals surface area contributed by atoms with E-state index >= 15 is 0 Å². The van der Waals surface area contributed by atoms with Gasteiger partial charge in [-0.3, -0.25) is 10.2 Å². The molecule has 1 N–H and O–H groups in total. The largest absolute Gasteiger partial charge is 0.490 e. The molecule has 3 aromatic carbocycles. The van der Waals surface area contributed by atoms with Crippen LogP contribution in [0.25, 0.3) is 6.08 Å². The lowest BCUT2D eigenvalue weighted by molar-refractivity contribution is -0.114. The highest BCUT2D eigenvalue weighted by molar-refractivity contribution is 8.27. The van der Waals surface area contributed by atoms with Crippen LogP contribution in [0.5, 0.6) is 11.5 Å². The number of rotatable bonds is 8. The third-order valence-electron chi connectivity index (χ3n) is 6.34. The lowest BCUT2D eigenvalue weighted by atomic mass is 10.0. The van der Waals surface area contributed by atoms with Gasteiger partial charge in [-0.05, 0) is 72.5 Å². The normalized spacial score (nSPS) is 15.5. The van der Waals surface area contributed by atoms with Gasteiger partial charge in [-0.2, -0.15) is 15.1 Å². The fourth-order valence-electron chi connectivity index (χ4n) is 4.19. The first-order chi connectivity index (χ1) is 18.8. The molecule has 0 aliphatic carbocycles. The maximum Gasteiger partial charge on any atom is 0.283 e. The molecule has 0 bridgehead atoms. The van der Waals surface area contributed by atoms with Crippen LogP contribution in [0.2, 0.25) is 0 Å². The van der Waals surface area contributed by atoms with Gasteiger partial charge in [0, 0.05) is 5.56 Å². The highest BCUT2D eigenvalue weighted by atomic mass is 35.5. The van der Waals surface area contributed by atoms with E-state index in [1.807, 2.05) is 55.5 Å². The first-order valence-corrected chi connectivity index (χ1v) is 13.6. The molecule has 2 aliphatic rings. The van der Waals surface area contributed by atoms with E-state index in [1.54, 1.807) is 6.08 Å². The zero-order chi connectivity index (χ0) is 27.5. The number of halogens is 1. The predicted octanol–water partition coefficient (Wildman–Crippen LogP) is 6.97. The van der Waals surface area contributed by atoms with Crippen LogP contribution < -0.4 is 9.47 Å². The summed E-state index contributed by atoms with van der Waals surface area (Å²) in [7, 11) is 0. The Morgan fingerprint density at radius 1 is 0.950 bits per heavy atom. The molecule has 40 heavy (non-hydrogen) atoms. The Hall–Kier alpha value is -3.88. The van der Waals surface area contributed by atoms with Crippen molar-refractivity contribution in [2.45, 2.75) is 33.6 Å². The first kappa shape index (κ1) is 29.1. The number of hydrogen-bond donors (Lipinski definition) is 1. The monoisotopic (exact) mass is 574 g/mol. The molecule has 0 unspecified atom stereocenters. The topological polar surface area (TPSA) is 87.3 Å². The van der Waals surface area contributed by atoms with Crippen LogP contribution >= 0.6 is 24.2 Å². The van der Waals surface area contributed by atoms with E-state index < -0.39 is 5.91 Å². The van der Waals surface area contributed by atoms with Gasteiger partial charge in [-0.25, -0.2) is 0 Å². The summed E-state index contributed by atoms with van der Waals surface area (Å²) in [6, 6.07) is 21.6. The van der Waals surface area contributed by atoms with Crippen molar-refractivity contribution in [3.05, 3.63) is 100 Å². The van der Waals surface area contributed by atoms with Crippen LogP contribution in [-0.2, 0) is 4.79 Å². The zero-order valence-electron chi connectivity index (χ0n) is 22.8. The van der Waals surface area contributed by atoms with Crippen molar-refractivity contribution in [1.29, 1.82) is 5.41 Å². The number of aliphatic imine (C=N–C) groups is 1. The summed E-state index contributed by atoms with van der Waals surface area (Å²) in [5, 5.41) is 15.7. The number of fused-ring (bicyclic) bond motifs is 1. The molecule has 5 rings (SSSR count). The fourth-order valence-corrected chi connectivity index (χ4v) is 5.08. The van der Waals surface area contributed by atoms with Crippen molar-refractivity contribution in [2.75, 3.05) is 13.2 Å². The Balaban J connectivity index is 0.00000370. The highest BCUT2D eigenvalue weighted by Gasteiger charge is 2.36. The Morgan fingerprint density at radius 3 is 2.33 bits per heavy atom. The molecule has 0 fully saturated rings. The Morgan fingerprint density at radius 2 is 1.62 bits per heavy atom. The Bertz CT molecular complexity index is 1510. The highest BCUT2D eigenvalue weighted by Crippen LogP contribution is 2.31. The molecular formula is C31H31ClN4O3S. The van der Waals surface area contributed by atoms with Crippen LogP contribution in [0.4, 0.5) is 0 Å². The quantitative estimate of drug-likeness (QED) is 0.232. The average Bonchev–Trinajstić information content (AvgIpc) is 3.34. The second-order valence-electron chi connectivity index (χ2n) is 9.75. The number of amides is 1. The van der Waals surface area contributed by atoms with Crippen molar-refractivity contribution in [1.82, 2.24) is 5.01 Å². The number of ether oxygens (including phenoxy) is 2. The van der Waals surface area contributed by atoms with Crippen molar-refractivity contribution in [3.63, 3.8) is 0 Å². The number of amidine groups is 2. The number of carbonyl (C=O) groups excluding carboxylic acids is 1. The molecule has 206 valence electrons. The predicted molar refractivity (Wildman–Crippen MR) is 165 cm³/mol. The molecule has 0 spiro atoms. The Labute approximate surface area is 244 Å². The molecular weight excluding hydrogens is 544 g/mol. The molecule has 0 saturated carbocycles. The molecule has 2 aliphatic heterocycles. The molecule has 0 atom stereocenters. The fraction of sp³-hybridized carbons (Fsp3) is 0.226. The van der Waals surface area contributed by atoms with Crippen molar-refractivity contribution in [3.8, 4) is 11.5 Å². The second kappa shape index (κ2) is 12.5. The number of hydrazone groups is 1. The molecule has 0 radical (unpaired) electrons. The maximum absolute atomic E-state index is 12.8. The summed E-state index contributed by atoms with van der Waals surface area (Å²) in [5.74, 6) is 1.53. The molecule has 2 heterocycles. The van der Waals surface area contributed by atoms with Gasteiger partial charge in [0.2, 0.25) is 5.17 Å². The average molecular weight is 575 g/mol. The number of hydrogen-bond acceptors (Lipinski definition) is 6. The smallest absolute Gasteiger partial charge is 0.283 e. The molecule has 0 aromatic heterocycles. The van der Waals surface area contributed by atoms with Gasteiger partial charge in [0.05, 0.1) is 5.57 Å². The van der Waals surface area contributed by atoms with Crippen molar-refractivity contribution >= 4 is 52.2 Å². The molecule has 9 heteroatoms. The Kier molecular flexibility index (Phi) is 9.12. The maximum atomic E-state index is 12.8. The van der Waals surface area contributed by atoms with Gasteiger partial charge in [-0.15, -0.1) is 12.4 Å². The molecule has 7 nitrogen and oxygen atoms in total. The van der Waals surface area contributed by atoms with Crippen molar-refractivity contribution in [2.24, 2.45) is 10.1 Å². The van der Waals surface area contributed by atoms with E-state index in [0.29, 0.717) is 35.1 Å². The van der Waals surface area contributed by atoms with Crippen LogP contribution in [0.3, 0.4) is 0 Å². The molecule has 0 saturated heterocycles. The minimum atomic E-state index is -0.450. The molecule has 3 aromatic rings. The van der Waals surface area contributed by atoms with Gasteiger partial charge in [0.25, 0.3) is 5.91 Å². The van der Waals surface area contributed by atoms with Crippen LogP contribution in [0.15, 0.2) is 82.4 Å².